The predicted molar refractivity (Wildman–Crippen MR) is 111 cm³/mol. The molecule has 0 aliphatic rings. The summed E-state index contributed by atoms with van der Waals surface area (Å²) in [5, 5.41) is 2.36. The van der Waals surface area contributed by atoms with E-state index in [9.17, 15) is 0 Å². The summed E-state index contributed by atoms with van der Waals surface area (Å²) in [4.78, 5) is 0. The fourth-order valence-electron chi connectivity index (χ4n) is 2.55. The zero-order chi connectivity index (χ0) is 17.6. The lowest BCUT2D eigenvalue weighted by molar-refractivity contribution is 0.344. The number of rotatable bonds is 6. The Morgan fingerprint density at radius 3 is 1.72 bits per heavy atom. The zero-order valence-electron chi connectivity index (χ0n) is 14.0. The molecule has 0 N–H and O–H groups in total. The summed E-state index contributed by atoms with van der Waals surface area (Å²) in [6.07, 6.45) is 0. The molecule has 0 unspecified atom stereocenters. The molecule has 0 spiro atoms. The van der Waals surface area contributed by atoms with Crippen LogP contribution in [-0.4, -0.2) is 23.3 Å². The Morgan fingerprint density at radius 1 is 0.720 bits per heavy atom. The Bertz CT molecular complexity index is 786. The first-order chi connectivity index (χ1) is 12.2. The third-order valence-corrected chi connectivity index (χ3v) is 6.46. The first-order valence-electron chi connectivity index (χ1n) is 7.80. The van der Waals surface area contributed by atoms with E-state index in [1.54, 1.807) is 14.2 Å². The van der Waals surface area contributed by atoms with Crippen LogP contribution in [0.2, 0.25) is 0 Å². The van der Waals surface area contributed by atoms with E-state index in [2.05, 4.69) is 46.9 Å². The van der Waals surface area contributed by atoms with Crippen molar-refractivity contribution >= 4 is 42.0 Å². The Labute approximate surface area is 163 Å². The van der Waals surface area contributed by atoms with Gasteiger partial charge in [-0.3, -0.25) is 0 Å². The number of hydrogen-bond donors (Lipinski definition) is 0. The summed E-state index contributed by atoms with van der Waals surface area (Å²) in [6, 6.07) is 24.6. The van der Waals surface area contributed by atoms with E-state index >= 15 is 0 Å². The zero-order valence-corrected chi connectivity index (χ0v) is 17.2. The molecule has 0 fully saturated rings. The van der Waals surface area contributed by atoms with Crippen molar-refractivity contribution in [2.24, 2.45) is 0 Å². The molecule has 0 heterocycles. The van der Waals surface area contributed by atoms with E-state index in [-0.39, 0.29) is 0 Å². The van der Waals surface area contributed by atoms with Crippen LogP contribution in [0.3, 0.4) is 0 Å². The van der Waals surface area contributed by atoms with Crippen LogP contribution in [-0.2, 0) is 0 Å². The van der Waals surface area contributed by atoms with Crippen molar-refractivity contribution in [3.8, 4) is 17.2 Å². The van der Waals surface area contributed by atoms with Gasteiger partial charge in [-0.1, -0.05) is 60.7 Å². The van der Waals surface area contributed by atoms with Gasteiger partial charge in [-0.15, -0.1) is 0 Å². The highest BCUT2D eigenvalue weighted by Gasteiger charge is 2.24. The minimum absolute atomic E-state index is 0.622. The third kappa shape index (κ3) is 4.16. The Kier molecular flexibility index (Phi) is 5.98. The van der Waals surface area contributed by atoms with Crippen molar-refractivity contribution in [1.82, 2.24) is 0 Å². The lowest BCUT2D eigenvalue weighted by Crippen LogP contribution is -2.47. The van der Waals surface area contributed by atoms with Crippen LogP contribution < -0.4 is 24.3 Å². The van der Waals surface area contributed by atoms with E-state index in [1.807, 2.05) is 48.5 Å². The Hall–Kier alpha value is -1.99. The van der Waals surface area contributed by atoms with Crippen LogP contribution in [0.1, 0.15) is 0 Å². The van der Waals surface area contributed by atoms with E-state index in [0.717, 1.165) is 3.57 Å². The summed E-state index contributed by atoms with van der Waals surface area (Å²) >= 11 is 2.26. The molecule has 25 heavy (non-hydrogen) atoms. The number of ether oxygens (including phenoxy) is 2. The summed E-state index contributed by atoms with van der Waals surface area (Å²) in [5.74, 6) is 2.00. The summed E-state index contributed by atoms with van der Waals surface area (Å²) in [5.41, 5.74) is 0. The highest BCUT2D eigenvalue weighted by molar-refractivity contribution is 14.1. The van der Waals surface area contributed by atoms with E-state index in [1.165, 1.54) is 10.4 Å². The second-order valence-electron chi connectivity index (χ2n) is 5.30. The highest BCUT2D eigenvalue weighted by atomic mass is 127. The first kappa shape index (κ1) is 17.8. The summed E-state index contributed by atoms with van der Waals surface area (Å²) in [7, 11) is 1.81. The van der Waals surface area contributed by atoms with Gasteiger partial charge in [0.25, 0.3) is 0 Å². The molecule has 127 valence electrons. The molecule has 0 saturated carbocycles. The van der Waals surface area contributed by atoms with Gasteiger partial charge in [0, 0.05) is 3.57 Å². The Balaban J connectivity index is 2.06. The molecule has 0 aliphatic heterocycles. The van der Waals surface area contributed by atoms with Crippen molar-refractivity contribution in [3.05, 3.63) is 76.4 Å². The molecule has 0 amide bonds. The van der Waals surface area contributed by atoms with Gasteiger partial charge in [0.2, 0.25) is 5.75 Å². The average molecular weight is 461 g/mol. The summed E-state index contributed by atoms with van der Waals surface area (Å²) in [6.45, 7) is 0. The molecular weight excluding hydrogens is 443 g/mol. The lowest BCUT2D eigenvalue weighted by atomic mass is 10.3. The third-order valence-electron chi connectivity index (χ3n) is 3.69. The number of hydrogen-bond acceptors (Lipinski definition) is 3. The number of halogens is 1. The van der Waals surface area contributed by atoms with Gasteiger partial charge in [-0.25, -0.2) is 0 Å². The van der Waals surface area contributed by atoms with Crippen molar-refractivity contribution < 1.29 is 13.9 Å². The molecule has 3 nitrogen and oxygen atoms in total. The van der Waals surface area contributed by atoms with Crippen LogP contribution >= 0.6 is 22.6 Å². The van der Waals surface area contributed by atoms with Gasteiger partial charge in [-0.05, 0) is 45.1 Å². The predicted octanol–water partition coefficient (Wildman–Crippen LogP) is 3.49. The van der Waals surface area contributed by atoms with E-state index in [4.69, 9.17) is 13.9 Å². The van der Waals surface area contributed by atoms with Crippen LogP contribution in [0, 0.1) is 3.57 Å². The normalized spacial score (nSPS) is 10.6. The first-order valence-corrected chi connectivity index (χ1v) is 10.3. The SMILES string of the molecule is COc1cc(I)cc(O[Si](c2ccccc2)c2ccccc2)c1OC. The van der Waals surface area contributed by atoms with Crippen LogP contribution in [0.4, 0.5) is 0 Å². The monoisotopic (exact) mass is 461 g/mol. The maximum Gasteiger partial charge on any atom is 0.352 e. The highest BCUT2D eigenvalue weighted by Crippen LogP contribution is 2.39. The maximum absolute atomic E-state index is 6.52. The van der Waals surface area contributed by atoms with Crippen LogP contribution in [0.5, 0.6) is 17.2 Å². The topological polar surface area (TPSA) is 27.7 Å². The van der Waals surface area contributed by atoms with Crippen LogP contribution in [0.25, 0.3) is 0 Å². The molecule has 0 saturated heterocycles. The molecular formula is C20H18IO3Si. The molecule has 0 bridgehead atoms. The summed E-state index contributed by atoms with van der Waals surface area (Å²) < 4.78 is 18.6. The molecule has 0 aromatic heterocycles. The van der Waals surface area contributed by atoms with Crippen molar-refractivity contribution in [1.29, 1.82) is 0 Å². The average Bonchev–Trinajstić information content (AvgIpc) is 2.67. The second-order valence-corrected chi connectivity index (χ2v) is 8.57. The fraction of sp³-hybridized carbons (Fsp3) is 0.100. The molecule has 1 radical (unpaired) electrons. The molecule has 3 aromatic carbocycles. The number of benzene rings is 3. The molecule has 3 aromatic rings. The van der Waals surface area contributed by atoms with Gasteiger partial charge in [0.1, 0.15) is 0 Å². The van der Waals surface area contributed by atoms with E-state index < -0.39 is 9.04 Å². The van der Waals surface area contributed by atoms with E-state index in [0.29, 0.717) is 17.2 Å². The van der Waals surface area contributed by atoms with Gasteiger partial charge in [-0.2, -0.15) is 0 Å². The molecule has 3 rings (SSSR count). The molecule has 5 heteroatoms. The fourth-order valence-corrected chi connectivity index (χ4v) is 5.04. The second kappa shape index (κ2) is 8.40. The van der Waals surface area contributed by atoms with Gasteiger partial charge in [0.15, 0.2) is 11.5 Å². The van der Waals surface area contributed by atoms with Gasteiger partial charge < -0.3 is 13.9 Å². The molecule has 0 atom stereocenters. The largest absolute Gasteiger partial charge is 0.530 e. The lowest BCUT2D eigenvalue weighted by Gasteiger charge is -2.20. The van der Waals surface area contributed by atoms with Crippen molar-refractivity contribution in [2.75, 3.05) is 14.2 Å². The van der Waals surface area contributed by atoms with Crippen molar-refractivity contribution in [3.63, 3.8) is 0 Å². The standard InChI is InChI=1S/C20H18IO3Si/c1-22-18-13-15(21)14-19(20(18)23-2)24-25(16-9-5-3-6-10-16)17-11-7-4-8-12-17/h3-14H,1-2H3. The van der Waals surface area contributed by atoms with Crippen molar-refractivity contribution in [2.45, 2.75) is 0 Å². The minimum Gasteiger partial charge on any atom is -0.530 e. The quantitative estimate of drug-likeness (QED) is 0.416. The van der Waals surface area contributed by atoms with Gasteiger partial charge >= 0.3 is 9.04 Å². The Morgan fingerprint density at radius 2 is 1.24 bits per heavy atom. The smallest absolute Gasteiger partial charge is 0.352 e. The minimum atomic E-state index is -1.46. The maximum atomic E-state index is 6.52. The van der Waals surface area contributed by atoms with Gasteiger partial charge in [0.05, 0.1) is 14.2 Å². The molecule has 0 aliphatic carbocycles. The number of methoxy groups -OCH3 is 2. The van der Waals surface area contributed by atoms with Crippen LogP contribution in [0.15, 0.2) is 72.8 Å².